The first-order chi connectivity index (χ1) is 9.06. The Hall–Kier alpha value is -0.170. The normalized spacial score (nSPS) is 21.4. The van der Waals surface area contributed by atoms with Gasteiger partial charge in [0.05, 0.1) is 0 Å². The van der Waals surface area contributed by atoms with Crippen molar-refractivity contribution < 1.29 is 13.5 Å². The molecule has 0 aliphatic carbocycles. The molecule has 1 N–H and O–H groups in total. The SMILES string of the molecule is CCCCN(CCCC)S(=O)(=O)N1CC[C@@H](CO)C1. The van der Waals surface area contributed by atoms with E-state index in [1.165, 1.54) is 0 Å². The monoisotopic (exact) mass is 292 g/mol. The number of nitrogens with zero attached hydrogens (tertiary/aromatic N) is 2. The van der Waals surface area contributed by atoms with Crippen LogP contribution in [0.2, 0.25) is 0 Å². The van der Waals surface area contributed by atoms with Crippen molar-refractivity contribution in [3.8, 4) is 0 Å². The summed E-state index contributed by atoms with van der Waals surface area (Å²) in [4.78, 5) is 0. The molecule has 0 radical (unpaired) electrons. The summed E-state index contributed by atoms with van der Waals surface area (Å²) >= 11 is 0. The molecule has 1 aliphatic heterocycles. The molecular weight excluding hydrogens is 264 g/mol. The predicted octanol–water partition coefficient (Wildman–Crippen LogP) is 1.45. The average molecular weight is 292 g/mol. The van der Waals surface area contributed by atoms with E-state index in [1.54, 1.807) is 8.61 Å². The van der Waals surface area contributed by atoms with E-state index in [4.69, 9.17) is 5.11 Å². The van der Waals surface area contributed by atoms with Crippen LogP contribution in [-0.2, 0) is 10.2 Å². The molecular formula is C13H28N2O3S. The van der Waals surface area contributed by atoms with Gasteiger partial charge in [0.2, 0.25) is 0 Å². The van der Waals surface area contributed by atoms with E-state index in [1.807, 2.05) is 0 Å². The van der Waals surface area contributed by atoms with Crippen LogP contribution in [0.4, 0.5) is 0 Å². The topological polar surface area (TPSA) is 60.9 Å². The third-order valence-corrected chi connectivity index (χ3v) is 5.68. The summed E-state index contributed by atoms with van der Waals surface area (Å²) in [5, 5.41) is 9.14. The molecule has 0 unspecified atom stereocenters. The minimum Gasteiger partial charge on any atom is -0.396 e. The van der Waals surface area contributed by atoms with Gasteiger partial charge in [-0.25, -0.2) is 0 Å². The van der Waals surface area contributed by atoms with Gasteiger partial charge in [0, 0.05) is 32.8 Å². The predicted molar refractivity (Wildman–Crippen MR) is 77.1 cm³/mol. The van der Waals surface area contributed by atoms with E-state index in [0.29, 0.717) is 26.2 Å². The third kappa shape index (κ3) is 4.70. The molecule has 0 aromatic heterocycles. The van der Waals surface area contributed by atoms with Crippen molar-refractivity contribution in [3.05, 3.63) is 0 Å². The van der Waals surface area contributed by atoms with Crippen molar-refractivity contribution >= 4 is 10.2 Å². The Morgan fingerprint density at radius 3 is 2.21 bits per heavy atom. The Morgan fingerprint density at radius 1 is 1.21 bits per heavy atom. The van der Waals surface area contributed by atoms with Gasteiger partial charge in [-0.3, -0.25) is 0 Å². The van der Waals surface area contributed by atoms with Crippen LogP contribution in [0.5, 0.6) is 0 Å². The largest absolute Gasteiger partial charge is 0.396 e. The highest BCUT2D eigenvalue weighted by molar-refractivity contribution is 7.86. The van der Waals surface area contributed by atoms with Gasteiger partial charge in [-0.2, -0.15) is 17.0 Å². The molecule has 1 aliphatic rings. The molecule has 19 heavy (non-hydrogen) atoms. The van der Waals surface area contributed by atoms with Gasteiger partial charge in [-0.05, 0) is 25.2 Å². The maximum absolute atomic E-state index is 12.6. The third-order valence-electron chi connectivity index (χ3n) is 3.68. The van der Waals surface area contributed by atoms with Crippen LogP contribution in [0.25, 0.3) is 0 Å². The number of rotatable bonds is 9. The molecule has 0 bridgehead atoms. The molecule has 0 amide bonds. The fourth-order valence-corrected chi connectivity index (χ4v) is 4.11. The standard InChI is InChI=1S/C13H28N2O3S/c1-3-5-8-14(9-6-4-2)19(17,18)15-10-7-13(11-15)12-16/h13,16H,3-12H2,1-2H3/t13-/m1/s1. The summed E-state index contributed by atoms with van der Waals surface area (Å²) in [7, 11) is -3.33. The number of aliphatic hydroxyl groups excluding tert-OH is 1. The molecule has 5 nitrogen and oxygen atoms in total. The van der Waals surface area contributed by atoms with Crippen LogP contribution in [0, 0.1) is 5.92 Å². The van der Waals surface area contributed by atoms with Gasteiger partial charge in [0.25, 0.3) is 10.2 Å². The fourth-order valence-electron chi connectivity index (χ4n) is 2.33. The molecule has 1 heterocycles. The molecule has 0 saturated carbocycles. The molecule has 0 spiro atoms. The van der Waals surface area contributed by atoms with E-state index in [0.717, 1.165) is 32.1 Å². The van der Waals surface area contributed by atoms with Crippen molar-refractivity contribution in [1.29, 1.82) is 0 Å². The Bertz CT molecular complexity index is 338. The summed E-state index contributed by atoms with van der Waals surface area (Å²) in [6, 6.07) is 0. The smallest absolute Gasteiger partial charge is 0.281 e. The van der Waals surface area contributed by atoms with Crippen LogP contribution in [0.15, 0.2) is 0 Å². The minimum atomic E-state index is -3.33. The zero-order valence-corrected chi connectivity index (χ0v) is 13.0. The summed E-state index contributed by atoms with van der Waals surface area (Å²) in [6.45, 7) is 6.45. The average Bonchev–Trinajstić information content (AvgIpc) is 2.88. The number of unbranched alkanes of at least 4 members (excludes halogenated alkanes) is 2. The Morgan fingerprint density at radius 2 is 1.79 bits per heavy atom. The van der Waals surface area contributed by atoms with Crippen molar-refractivity contribution in [1.82, 2.24) is 8.61 Å². The van der Waals surface area contributed by atoms with Gasteiger partial charge < -0.3 is 5.11 Å². The number of hydrogen-bond acceptors (Lipinski definition) is 3. The van der Waals surface area contributed by atoms with E-state index in [2.05, 4.69) is 13.8 Å². The summed E-state index contributed by atoms with van der Waals surface area (Å²) < 4.78 is 28.3. The second-order valence-electron chi connectivity index (χ2n) is 5.31. The molecule has 1 rings (SSSR count). The van der Waals surface area contributed by atoms with Crippen molar-refractivity contribution in [3.63, 3.8) is 0 Å². The van der Waals surface area contributed by atoms with Crippen LogP contribution in [0.3, 0.4) is 0 Å². The zero-order valence-electron chi connectivity index (χ0n) is 12.2. The van der Waals surface area contributed by atoms with E-state index in [9.17, 15) is 8.42 Å². The lowest BCUT2D eigenvalue weighted by molar-refractivity contribution is 0.232. The highest BCUT2D eigenvalue weighted by Gasteiger charge is 2.34. The first kappa shape index (κ1) is 16.9. The first-order valence-electron chi connectivity index (χ1n) is 7.42. The van der Waals surface area contributed by atoms with Crippen LogP contribution >= 0.6 is 0 Å². The van der Waals surface area contributed by atoms with E-state index in [-0.39, 0.29) is 12.5 Å². The van der Waals surface area contributed by atoms with Crippen LogP contribution in [0.1, 0.15) is 46.0 Å². The molecule has 0 aromatic rings. The van der Waals surface area contributed by atoms with Gasteiger partial charge in [0.1, 0.15) is 0 Å². The molecule has 114 valence electrons. The molecule has 0 aromatic carbocycles. The highest BCUT2D eigenvalue weighted by Crippen LogP contribution is 2.21. The zero-order chi connectivity index (χ0) is 14.3. The lowest BCUT2D eigenvalue weighted by Crippen LogP contribution is -2.43. The molecule has 6 heteroatoms. The summed E-state index contributed by atoms with van der Waals surface area (Å²) in [5.41, 5.74) is 0. The second kappa shape index (κ2) is 8.19. The first-order valence-corrected chi connectivity index (χ1v) is 8.82. The molecule has 1 atom stereocenters. The highest BCUT2D eigenvalue weighted by atomic mass is 32.2. The molecule has 1 fully saturated rings. The van der Waals surface area contributed by atoms with Crippen molar-refractivity contribution in [2.75, 3.05) is 32.8 Å². The van der Waals surface area contributed by atoms with E-state index < -0.39 is 10.2 Å². The lowest BCUT2D eigenvalue weighted by atomic mass is 10.1. The Balaban J connectivity index is 2.68. The lowest BCUT2D eigenvalue weighted by Gasteiger charge is -2.27. The summed E-state index contributed by atoms with van der Waals surface area (Å²) in [5.74, 6) is 0.106. The van der Waals surface area contributed by atoms with Gasteiger partial charge >= 0.3 is 0 Å². The quantitative estimate of drug-likeness (QED) is 0.699. The minimum absolute atomic E-state index is 0.0793. The second-order valence-corrected chi connectivity index (χ2v) is 7.24. The molecule has 1 saturated heterocycles. The maximum atomic E-state index is 12.6. The fraction of sp³-hybridized carbons (Fsp3) is 1.00. The van der Waals surface area contributed by atoms with Crippen molar-refractivity contribution in [2.45, 2.75) is 46.0 Å². The Labute approximate surface area is 117 Å². The van der Waals surface area contributed by atoms with Crippen LogP contribution in [-0.4, -0.2) is 54.9 Å². The Kier molecular flexibility index (Phi) is 7.28. The van der Waals surface area contributed by atoms with Crippen molar-refractivity contribution in [2.24, 2.45) is 5.92 Å². The summed E-state index contributed by atoms with van der Waals surface area (Å²) in [6.07, 6.45) is 4.57. The van der Waals surface area contributed by atoms with Crippen LogP contribution < -0.4 is 0 Å². The number of hydrogen-bond donors (Lipinski definition) is 1. The maximum Gasteiger partial charge on any atom is 0.281 e. The van der Waals surface area contributed by atoms with Gasteiger partial charge in [0.15, 0.2) is 0 Å². The van der Waals surface area contributed by atoms with Gasteiger partial charge in [-0.15, -0.1) is 0 Å². The number of aliphatic hydroxyl groups is 1. The van der Waals surface area contributed by atoms with Gasteiger partial charge in [-0.1, -0.05) is 26.7 Å². The van der Waals surface area contributed by atoms with E-state index >= 15 is 0 Å².